The molecular weight excluding hydrogens is 122 g/mol. The average molecular weight is 128 g/mol. The first-order valence-corrected chi connectivity index (χ1v) is 1.96. The molecule has 0 fully saturated rings. The first-order valence-electron chi connectivity index (χ1n) is 1.20. The molecule has 0 unspecified atom stereocenters. The second-order valence-corrected chi connectivity index (χ2v) is 0.534. The fraction of sp³-hybridized carbons (Fsp3) is 0. The van der Waals surface area contributed by atoms with Crippen molar-refractivity contribution in [1.29, 1.82) is 0 Å². The Bertz CT molecular complexity index is 33.9. The van der Waals surface area contributed by atoms with Crippen molar-refractivity contribution in [3.8, 4) is 0 Å². The van der Waals surface area contributed by atoms with Crippen molar-refractivity contribution in [3.05, 3.63) is 19.6 Å². The van der Waals surface area contributed by atoms with E-state index in [1.165, 1.54) is 6.08 Å². The third-order valence-electron chi connectivity index (χ3n) is 0. The maximum Gasteiger partial charge on any atom is 1.00 e. The molecule has 0 saturated heterocycles. The molecule has 0 aliphatic heterocycles. The molecule has 0 atom stereocenters. The van der Waals surface area contributed by atoms with Gasteiger partial charge in [-0.15, -0.1) is 0 Å². The minimum atomic E-state index is -0.833. The Labute approximate surface area is 67.2 Å². The third-order valence-corrected chi connectivity index (χ3v) is 0. The van der Waals surface area contributed by atoms with Gasteiger partial charge in [0.05, 0.1) is 0 Å². The van der Waals surface area contributed by atoms with Gasteiger partial charge in [-0.2, -0.15) is 0 Å². The van der Waals surface area contributed by atoms with Crippen LogP contribution in [-0.2, 0) is 4.57 Å². The SMILES string of the molecule is C=C[CH2-].O=PO.[Na+]. The van der Waals surface area contributed by atoms with Crippen LogP contribution in [0.25, 0.3) is 0 Å². The number of allylic oxidation sites excluding steroid dienone is 1. The van der Waals surface area contributed by atoms with Gasteiger partial charge >= 0.3 is 38.2 Å². The van der Waals surface area contributed by atoms with Crippen LogP contribution >= 0.6 is 8.69 Å². The standard InChI is InChI=1S/C3H5.Na.HO2P/c1-3-2;;1-3-2/h3H,1-2H2;;(H,1,2)/q-1;+1;. The van der Waals surface area contributed by atoms with Crippen molar-refractivity contribution in [2.75, 3.05) is 0 Å². The second-order valence-electron chi connectivity index (χ2n) is 0.370. The van der Waals surface area contributed by atoms with E-state index in [9.17, 15) is 0 Å². The van der Waals surface area contributed by atoms with Crippen LogP contribution in [-0.4, -0.2) is 4.89 Å². The summed E-state index contributed by atoms with van der Waals surface area (Å²) in [5.41, 5.74) is 0. The minimum Gasteiger partial charge on any atom is -0.310 e. The second kappa shape index (κ2) is 30.1. The zero-order valence-corrected chi connectivity index (χ0v) is 7.19. The molecule has 0 aromatic carbocycles. The van der Waals surface area contributed by atoms with Gasteiger partial charge in [0.2, 0.25) is 0 Å². The zero-order chi connectivity index (χ0) is 5.41. The van der Waals surface area contributed by atoms with Crippen LogP contribution in [0.4, 0.5) is 0 Å². The quantitative estimate of drug-likeness (QED) is 0.237. The van der Waals surface area contributed by atoms with E-state index in [-0.39, 0.29) is 29.6 Å². The van der Waals surface area contributed by atoms with Crippen LogP contribution in [0.1, 0.15) is 0 Å². The Hall–Kier alpha value is 0.670. The van der Waals surface area contributed by atoms with Gasteiger partial charge in [-0.05, 0) is 0 Å². The summed E-state index contributed by atoms with van der Waals surface area (Å²) in [5.74, 6) is 0. The molecule has 0 aromatic rings. The van der Waals surface area contributed by atoms with Crippen LogP contribution in [0.5, 0.6) is 0 Å². The van der Waals surface area contributed by atoms with Crippen LogP contribution in [0.2, 0.25) is 0 Å². The van der Waals surface area contributed by atoms with Gasteiger partial charge in [0, 0.05) is 0 Å². The molecule has 0 radical (unpaired) electrons. The first kappa shape index (κ1) is 15.6. The third kappa shape index (κ3) is 324. The Morgan fingerprint density at radius 3 is 1.86 bits per heavy atom. The first-order chi connectivity index (χ1) is 2.83. The molecular formula is C3H6NaO2P. The van der Waals surface area contributed by atoms with Crippen LogP contribution < -0.4 is 29.6 Å². The molecule has 0 aliphatic carbocycles. The number of rotatable bonds is 0. The van der Waals surface area contributed by atoms with Gasteiger partial charge in [0.15, 0.2) is 0 Å². The van der Waals surface area contributed by atoms with Gasteiger partial charge in [-0.3, -0.25) is 0 Å². The van der Waals surface area contributed by atoms with Crippen LogP contribution in [0.15, 0.2) is 12.7 Å². The largest absolute Gasteiger partial charge is 1.00 e. The minimum absolute atomic E-state index is 0. The van der Waals surface area contributed by atoms with Crippen molar-refractivity contribution in [2.24, 2.45) is 0 Å². The maximum atomic E-state index is 8.46. The number of hydrogen-bond donors (Lipinski definition) is 1. The molecule has 0 spiro atoms. The van der Waals surface area contributed by atoms with Crippen molar-refractivity contribution < 1.29 is 39.0 Å². The summed E-state index contributed by atoms with van der Waals surface area (Å²) >= 11 is 0. The molecule has 4 heteroatoms. The Kier molecular flexibility index (Phi) is 67.2. The summed E-state index contributed by atoms with van der Waals surface area (Å²) < 4.78 is 8.46. The summed E-state index contributed by atoms with van der Waals surface area (Å²) in [7, 11) is -0.833. The topological polar surface area (TPSA) is 37.3 Å². The Morgan fingerprint density at radius 2 is 1.86 bits per heavy atom. The van der Waals surface area contributed by atoms with Gasteiger partial charge in [-0.25, -0.2) is 24.1 Å². The van der Waals surface area contributed by atoms with E-state index in [1.807, 2.05) is 0 Å². The van der Waals surface area contributed by atoms with Crippen molar-refractivity contribution >= 4 is 8.69 Å². The zero-order valence-electron chi connectivity index (χ0n) is 4.29. The van der Waals surface area contributed by atoms with E-state index < -0.39 is 8.69 Å². The number of hydrogen-bond acceptors (Lipinski definition) is 1. The molecule has 0 bridgehead atoms. The Morgan fingerprint density at radius 1 is 1.86 bits per heavy atom. The molecule has 36 valence electrons. The molecule has 0 rings (SSSR count). The van der Waals surface area contributed by atoms with Crippen molar-refractivity contribution in [1.82, 2.24) is 0 Å². The molecule has 1 N–H and O–H groups in total. The van der Waals surface area contributed by atoms with Gasteiger partial charge in [-0.1, -0.05) is 0 Å². The fourth-order valence-corrected chi connectivity index (χ4v) is 0. The average Bonchev–Trinajstić information content (AvgIpc) is 1.39. The van der Waals surface area contributed by atoms with E-state index >= 15 is 0 Å². The monoisotopic (exact) mass is 128 g/mol. The van der Waals surface area contributed by atoms with Crippen LogP contribution in [0.3, 0.4) is 0 Å². The van der Waals surface area contributed by atoms with E-state index in [0.29, 0.717) is 0 Å². The molecule has 0 saturated carbocycles. The van der Waals surface area contributed by atoms with E-state index in [2.05, 4.69) is 13.5 Å². The summed E-state index contributed by atoms with van der Waals surface area (Å²) in [5, 5.41) is 0. The predicted molar refractivity (Wildman–Crippen MR) is 25.4 cm³/mol. The molecule has 0 aromatic heterocycles. The van der Waals surface area contributed by atoms with E-state index in [4.69, 9.17) is 9.46 Å². The van der Waals surface area contributed by atoms with E-state index in [0.717, 1.165) is 0 Å². The summed E-state index contributed by atoms with van der Waals surface area (Å²) in [6.45, 7) is 6.50. The molecule has 2 nitrogen and oxygen atoms in total. The fourth-order valence-electron chi connectivity index (χ4n) is 0. The van der Waals surface area contributed by atoms with E-state index in [1.54, 1.807) is 0 Å². The van der Waals surface area contributed by atoms with Crippen molar-refractivity contribution in [3.63, 3.8) is 0 Å². The normalized spacial score (nSPS) is 4.71. The molecule has 0 amide bonds. The summed E-state index contributed by atoms with van der Waals surface area (Å²) in [6, 6.07) is 0. The van der Waals surface area contributed by atoms with Gasteiger partial charge in [0.1, 0.15) is 0 Å². The Balaban J connectivity index is -0.0000000400. The smallest absolute Gasteiger partial charge is 0.310 e. The van der Waals surface area contributed by atoms with Gasteiger partial charge < -0.3 is 4.89 Å². The summed E-state index contributed by atoms with van der Waals surface area (Å²) in [6.07, 6.45) is 1.50. The maximum absolute atomic E-state index is 8.46. The molecule has 7 heavy (non-hydrogen) atoms. The van der Waals surface area contributed by atoms with Crippen LogP contribution in [0, 0.1) is 6.92 Å². The molecule has 0 aliphatic rings. The van der Waals surface area contributed by atoms with Gasteiger partial charge in [0.25, 0.3) is 0 Å². The predicted octanol–water partition coefficient (Wildman–Crippen LogP) is -1.80. The van der Waals surface area contributed by atoms with Crippen molar-refractivity contribution in [2.45, 2.75) is 0 Å². The summed E-state index contributed by atoms with van der Waals surface area (Å²) in [4.78, 5) is 6.99. The molecule has 0 heterocycles.